The van der Waals surface area contributed by atoms with Gasteiger partial charge >= 0.3 is 0 Å². The van der Waals surface area contributed by atoms with Gasteiger partial charge in [0, 0.05) is 23.7 Å². The summed E-state index contributed by atoms with van der Waals surface area (Å²) in [5.74, 6) is 0.221. The van der Waals surface area contributed by atoms with E-state index in [1.54, 1.807) is 0 Å². The SMILES string of the molecule is O=C(CCNc1ccc(Cl)cc1)C1C=CC=C1. The molecular weight excluding hydrogens is 234 g/mol. The zero-order chi connectivity index (χ0) is 12.1. The van der Waals surface area contributed by atoms with E-state index < -0.39 is 0 Å². The summed E-state index contributed by atoms with van der Waals surface area (Å²) in [5, 5.41) is 3.91. The van der Waals surface area contributed by atoms with Crippen molar-refractivity contribution in [2.24, 2.45) is 5.92 Å². The van der Waals surface area contributed by atoms with Gasteiger partial charge in [0.15, 0.2) is 0 Å². The lowest BCUT2D eigenvalue weighted by atomic mass is 10.0. The maximum absolute atomic E-state index is 11.7. The van der Waals surface area contributed by atoms with E-state index in [0.717, 1.165) is 5.69 Å². The number of anilines is 1. The molecule has 88 valence electrons. The quantitative estimate of drug-likeness (QED) is 0.864. The fourth-order valence-electron chi connectivity index (χ4n) is 1.71. The summed E-state index contributed by atoms with van der Waals surface area (Å²) in [6.07, 6.45) is 8.20. The standard InChI is InChI=1S/C14H14ClNO/c15-12-5-7-13(8-6-12)16-10-9-14(17)11-3-1-2-4-11/h1-8,11,16H,9-10H2. The molecule has 0 atom stereocenters. The normalized spacial score (nSPS) is 14.2. The molecule has 0 radical (unpaired) electrons. The summed E-state index contributed by atoms with van der Waals surface area (Å²) in [6, 6.07) is 7.46. The van der Waals surface area contributed by atoms with Crippen molar-refractivity contribution in [3.05, 3.63) is 53.6 Å². The van der Waals surface area contributed by atoms with Gasteiger partial charge in [0.25, 0.3) is 0 Å². The van der Waals surface area contributed by atoms with E-state index in [9.17, 15) is 4.79 Å². The molecule has 1 aliphatic carbocycles. The van der Waals surface area contributed by atoms with Crippen LogP contribution in [0.5, 0.6) is 0 Å². The Bertz CT molecular complexity index is 436. The van der Waals surface area contributed by atoms with Gasteiger partial charge in [-0.05, 0) is 24.3 Å². The third kappa shape index (κ3) is 3.46. The molecule has 0 unspecified atom stereocenters. The van der Waals surface area contributed by atoms with Crippen molar-refractivity contribution in [3.63, 3.8) is 0 Å². The van der Waals surface area contributed by atoms with Crippen LogP contribution in [0.3, 0.4) is 0 Å². The highest BCUT2D eigenvalue weighted by molar-refractivity contribution is 6.30. The van der Waals surface area contributed by atoms with Crippen LogP contribution in [0.2, 0.25) is 5.02 Å². The highest BCUT2D eigenvalue weighted by Crippen LogP contribution is 2.14. The number of nitrogens with one attached hydrogen (secondary N) is 1. The van der Waals surface area contributed by atoms with Gasteiger partial charge in [0.2, 0.25) is 0 Å². The summed E-state index contributed by atoms with van der Waals surface area (Å²) >= 11 is 5.79. The Labute approximate surface area is 106 Å². The Hall–Kier alpha value is -1.54. The van der Waals surface area contributed by atoms with Crippen LogP contribution in [0, 0.1) is 5.92 Å². The largest absolute Gasteiger partial charge is 0.385 e. The van der Waals surface area contributed by atoms with Crippen molar-refractivity contribution in [2.75, 3.05) is 11.9 Å². The van der Waals surface area contributed by atoms with Crippen molar-refractivity contribution in [1.29, 1.82) is 0 Å². The Kier molecular flexibility index (Phi) is 3.99. The molecule has 0 aromatic heterocycles. The predicted octanol–water partition coefficient (Wildman–Crippen LogP) is 3.45. The zero-order valence-electron chi connectivity index (χ0n) is 9.40. The Morgan fingerprint density at radius 3 is 2.47 bits per heavy atom. The molecule has 1 aromatic rings. The Morgan fingerprint density at radius 2 is 1.82 bits per heavy atom. The second-order valence-corrected chi connectivity index (χ2v) is 4.38. The molecule has 0 spiro atoms. The lowest BCUT2D eigenvalue weighted by Gasteiger charge is -2.07. The van der Waals surface area contributed by atoms with E-state index in [1.165, 1.54) is 0 Å². The van der Waals surface area contributed by atoms with E-state index in [2.05, 4.69) is 5.32 Å². The summed E-state index contributed by atoms with van der Waals surface area (Å²) in [5.41, 5.74) is 0.986. The summed E-state index contributed by atoms with van der Waals surface area (Å²) in [6.45, 7) is 0.651. The molecule has 0 saturated carbocycles. The molecule has 2 rings (SSSR count). The smallest absolute Gasteiger partial charge is 0.145 e. The van der Waals surface area contributed by atoms with Crippen molar-refractivity contribution in [1.82, 2.24) is 0 Å². The molecular formula is C14H14ClNO. The van der Waals surface area contributed by atoms with Crippen LogP contribution >= 0.6 is 11.6 Å². The van der Waals surface area contributed by atoms with Crippen molar-refractivity contribution in [3.8, 4) is 0 Å². The third-order valence-corrected chi connectivity index (χ3v) is 2.92. The van der Waals surface area contributed by atoms with Crippen LogP contribution < -0.4 is 5.32 Å². The van der Waals surface area contributed by atoms with Gasteiger partial charge < -0.3 is 5.32 Å². The highest BCUT2D eigenvalue weighted by Gasteiger charge is 2.13. The van der Waals surface area contributed by atoms with Crippen LogP contribution in [0.25, 0.3) is 0 Å². The molecule has 1 aliphatic rings. The lowest BCUT2D eigenvalue weighted by molar-refractivity contribution is -0.120. The van der Waals surface area contributed by atoms with Gasteiger partial charge in [-0.3, -0.25) is 4.79 Å². The molecule has 0 heterocycles. The molecule has 0 saturated heterocycles. The number of carbonyl (C=O) groups excluding carboxylic acids is 1. The Balaban J connectivity index is 1.76. The summed E-state index contributed by atoms with van der Waals surface area (Å²) in [7, 11) is 0. The van der Waals surface area contributed by atoms with E-state index >= 15 is 0 Å². The third-order valence-electron chi connectivity index (χ3n) is 2.66. The predicted molar refractivity (Wildman–Crippen MR) is 71.3 cm³/mol. The summed E-state index contributed by atoms with van der Waals surface area (Å²) < 4.78 is 0. The van der Waals surface area contributed by atoms with Crippen molar-refractivity contribution >= 4 is 23.1 Å². The number of ketones is 1. The zero-order valence-corrected chi connectivity index (χ0v) is 10.2. The van der Waals surface area contributed by atoms with Crippen molar-refractivity contribution in [2.45, 2.75) is 6.42 Å². The monoisotopic (exact) mass is 247 g/mol. The molecule has 1 N–H and O–H groups in total. The molecule has 0 aliphatic heterocycles. The number of benzene rings is 1. The minimum Gasteiger partial charge on any atom is -0.385 e. The van der Waals surface area contributed by atoms with E-state index in [4.69, 9.17) is 11.6 Å². The highest BCUT2D eigenvalue weighted by atomic mass is 35.5. The lowest BCUT2D eigenvalue weighted by Crippen LogP contribution is -2.13. The Morgan fingerprint density at radius 1 is 1.18 bits per heavy atom. The number of hydrogen-bond donors (Lipinski definition) is 1. The maximum Gasteiger partial charge on any atom is 0.145 e. The molecule has 3 heteroatoms. The van der Waals surface area contributed by atoms with Gasteiger partial charge in [-0.2, -0.15) is 0 Å². The van der Waals surface area contributed by atoms with Crippen LogP contribution in [0.4, 0.5) is 5.69 Å². The van der Waals surface area contributed by atoms with Crippen LogP contribution in [0.15, 0.2) is 48.6 Å². The number of Topliss-reactive ketones (excluding diaryl/α,β-unsaturated/α-hetero) is 1. The van der Waals surface area contributed by atoms with Gasteiger partial charge in [0.05, 0.1) is 5.92 Å². The van der Waals surface area contributed by atoms with Gasteiger partial charge in [-0.25, -0.2) is 0 Å². The van der Waals surface area contributed by atoms with Gasteiger partial charge in [-0.15, -0.1) is 0 Å². The van der Waals surface area contributed by atoms with Crippen LogP contribution in [-0.4, -0.2) is 12.3 Å². The molecule has 2 nitrogen and oxygen atoms in total. The molecule has 17 heavy (non-hydrogen) atoms. The van der Waals surface area contributed by atoms with Gasteiger partial charge in [0.1, 0.15) is 5.78 Å². The maximum atomic E-state index is 11.7. The minimum atomic E-state index is -0.0259. The first-order valence-corrected chi connectivity index (χ1v) is 6.00. The molecule has 1 aromatic carbocycles. The van der Waals surface area contributed by atoms with E-state index in [1.807, 2.05) is 48.6 Å². The van der Waals surface area contributed by atoms with E-state index in [-0.39, 0.29) is 11.7 Å². The van der Waals surface area contributed by atoms with Crippen LogP contribution in [0.1, 0.15) is 6.42 Å². The van der Waals surface area contributed by atoms with Crippen molar-refractivity contribution < 1.29 is 4.79 Å². The number of hydrogen-bond acceptors (Lipinski definition) is 2. The minimum absolute atomic E-state index is 0.0259. The first-order valence-electron chi connectivity index (χ1n) is 5.63. The fourth-order valence-corrected chi connectivity index (χ4v) is 1.84. The topological polar surface area (TPSA) is 29.1 Å². The number of rotatable bonds is 5. The number of halogens is 1. The molecule has 0 fully saturated rings. The van der Waals surface area contributed by atoms with Gasteiger partial charge in [-0.1, -0.05) is 35.9 Å². The first-order chi connectivity index (χ1) is 8.25. The fraction of sp³-hybridized carbons (Fsp3) is 0.214. The average Bonchev–Trinajstić information content (AvgIpc) is 2.85. The van der Waals surface area contributed by atoms with E-state index in [0.29, 0.717) is 18.0 Å². The number of carbonyl (C=O) groups is 1. The second kappa shape index (κ2) is 5.69. The number of allylic oxidation sites excluding steroid dienone is 4. The molecule has 0 bridgehead atoms. The molecule has 0 amide bonds. The second-order valence-electron chi connectivity index (χ2n) is 3.95. The summed E-state index contributed by atoms with van der Waals surface area (Å²) in [4.78, 5) is 11.7. The van der Waals surface area contributed by atoms with Crippen LogP contribution in [-0.2, 0) is 4.79 Å². The first kappa shape index (κ1) is 11.9. The average molecular weight is 248 g/mol.